The Morgan fingerprint density at radius 2 is 1.82 bits per heavy atom. The van der Waals surface area contributed by atoms with Gasteiger partial charge in [-0.05, 0) is 58.6 Å². The molecule has 1 aromatic carbocycles. The number of likely N-dealkylation sites (tertiary alicyclic amines) is 1. The molecule has 1 aliphatic rings. The van der Waals surface area contributed by atoms with Crippen molar-refractivity contribution in [3.63, 3.8) is 0 Å². The molecule has 0 spiro atoms. The monoisotopic (exact) mass is 386 g/mol. The van der Waals surface area contributed by atoms with E-state index in [0.29, 0.717) is 37.3 Å². The van der Waals surface area contributed by atoms with Crippen LogP contribution in [0.25, 0.3) is 11.0 Å². The average Bonchev–Trinajstić information content (AvgIpc) is 2.65. The highest BCUT2D eigenvalue weighted by Crippen LogP contribution is 2.25. The van der Waals surface area contributed by atoms with Gasteiger partial charge in [0.05, 0.1) is 17.6 Å². The van der Waals surface area contributed by atoms with Gasteiger partial charge in [0, 0.05) is 19.6 Å². The molecule has 152 valence electrons. The number of amides is 1. The zero-order chi connectivity index (χ0) is 20.1. The van der Waals surface area contributed by atoms with Gasteiger partial charge in [0.1, 0.15) is 5.60 Å². The Balaban J connectivity index is 1.58. The van der Waals surface area contributed by atoms with Gasteiger partial charge in [-0.3, -0.25) is 0 Å². The number of anilines is 1. The Kier molecular flexibility index (Phi) is 6.21. The molecule has 0 radical (unpaired) electrons. The summed E-state index contributed by atoms with van der Waals surface area (Å²) < 4.78 is 11.1. The van der Waals surface area contributed by atoms with Gasteiger partial charge in [0.25, 0.3) is 5.88 Å². The second-order valence-electron chi connectivity index (χ2n) is 8.09. The first kappa shape index (κ1) is 20.2. The zero-order valence-corrected chi connectivity index (χ0v) is 17.2. The number of ether oxygens (including phenoxy) is 2. The number of para-hydroxylation sites is 2. The largest absolute Gasteiger partial charge is 0.475 e. The van der Waals surface area contributed by atoms with Crippen molar-refractivity contribution in [2.45, 2.75) is 46.1 Å². The molecule has 7 heteroatoms. The van der Waals surface area contributed by atoms with Gasteiger partial charge < -0.3 is 19.7 Å². The number of nitrogens with one attached hydrogen (secondary N) is 1. The van der Waals surface area contributed by atoms with E-state index in [-0.39, 0.29) is 6.09 Å². The first-order chi connectivity index (χ1) is 13.4. The van der Waals surface area contributed by atoms with E-state index in [2.05, 4.69) is 15.3 Å². The highest BCUT2D eigenvalue weighted by Gasteiger charge is 2.27. The molecule has 1 aliphatic heterocycles. The molecule has 2 heterocycles. The van der Waals surface area contributed by atoms with E-state index < -0.39 is 5.60 Å². The van der Waals surface area contributed by atoms with E-state index in [1.54, 1.807) is 4.90 Å². The van der Waals surface area contributed by atoms with Gasteiger partial charge in [0.15, 0.2) is 5.82 Å². The van der Waals surface area contributed by atoms with Crippen LogP contribution < -0.4 is 10.1 Å². The van der Waals surface area contributed by atoms with Gasteiger partial charge >= 0.3 is 6.09 Å². The highest BCUT2D eigenvalue weighted by atomic mass is 16.6. The smallest absolute Gasteiger partial charge is 0.410 e. The minimum absolute atomic E-state index is 0.224. The van der Waals surface area contributed by atoms with Crippen LogP contribution in [0.1, 0.15) is 40.5 Å². The maximum Gasteiger partial charge on any atom is 0.410 e. The Morgan fingerprint density at radius 3 is 2.43 bits per heavy atom. The van der Waals surface area contributed by atoms with Crippen molar-refractivity contribution in [3.8, 4) is 5.88 Å². The van der Waals surface area contributed by atoms with Gasteiger partial charge in [-0.1, -0.05) is 12.1 Å². The maximum absolute atomic E-state index is 12.2. The standard InChI is InChI=1S/C21H30N4O3/c1-5-27-19-18(23-16-8-6-7-9-17(16)24-19)22-14-15-10-12-25(13-11-15)20(26)28-21(2,3)4/h6-9,15H,5,10-14H2,1-4H3,(H,22,23). The van der Waals surface area contributed by atoms with Crippen LogP contribution >= 0.6 is 0 Å². The normalized spacial score (nSPS) is 15.5. The third-order valence-electron chi connectivity index (χ3n) is 4.64. The van der Waals surface area contributed by atoms with E-state index in [9.17, 15) is 4.79 Å². The van der Waals surface area contributed by atoms with Crippen LogP contribution in [0.2, 0.25) is 0 Å². The van der Waals surface area contributed by atoms with Crippen molar-refractivity contribution in [3.05, 3.63) is 24.3 Å². The SMILES string of the molecule is CCOc1nc2ccccc2nc1NCC1CCN(C(=O)OC(C)(C)C)CC1. The number of piperidine rings is 1. The molecular formula is C21H30N4O3. The maximum atomic E-state index is 12.2. The molecule has 1 saturated heterocycles. The minimum Gasteiger partial charge on any atom is -0.475 e. The second-order valence-corrected chi connectivity index (χ2v) is 8.09. The van der Waals surface area contributed by atoms with Crippen molar-refractivity contribution in [2.75, 3.05) is 31.6 Å². The van der Waals surface area contributed by atoms with Gasteiger partial charge in [-0.2, -0.15) is 0 Å². The number of rotatable bonds is 5. The summed E-state index contributed by atoms with van der Waals surface area (Å²) in [7, 11) is 0. The quantitative estimate of drug-likeness (QED) is 0.834. The number of carbonyl (C=O) groups excluding carboxylic acids is 1. The number of hydrogen-bond donors (Lipinski definition) is 1. The average molecular weight is 386 g/mol. The van der Waals surface area contributed by atoms with Crippen LogP contribution in [0.5, 0.6) is 5.88 Å². The van der Waals surface area contributed by atoms with Crippen molar-refractivity contribution in [1.29, 1.82) is 0 Å². The van der Waals surface area contributed by atoms with Crippen molar-refractivity contribution in [2.24, 2.45) is 5.92 Å². The molecule has 0 aliphatic carbocycles. The van der Waals surface area contributed by atoms with Gasteiger partial charge in [-0.25, -0.2) is 14.8 Å². The van der Waals surface area contributed by atoms with E-state index >= 15 is 0 Å². The fraction of sp³-hybridized carbons (Fsp3) is 0.571. The van der Waals surface area contributed by atoms with Crippen LogP contribution in [0.4, 0.5) is 10.6 Å². The second kappa shape index (κ2) is 8.63. The third-order valence-corrected chi connectivity index (χ3v) is 4.64. The van der Waals surface area contributed by atoms with E-state index in [1.807, 2.05) is 52.0 Å². The lowest BCUT2D eigenvalue weighted by molar-refractivity contribution is 0.0188. The molecule has 0 saturated carbocycles. The predicted octanol–water partition coefficient (Wildman–Crippen LogP) is 4.09. The Bertz CT molecular complexity index is 811. The summed E-state index contributed by atoms with van der Waals surface area (Å²) in [6.07, 6.45) is 1.63. The van der Waals surface area contributed by atoms with Crippen LogP contribution in [-0.2, 0) is 4.74 Å². The van der Waals surface area contributed by atoms with E-state index in [1.165, 1.54) is 0 Å². The number of benzene rings is 1. The molecule has 1 aromatic heterocycles. The van der Waals surface area contributed by atoms with Crippen molar-refractivity contribution < 1.29 is 14.3 Å². The van der Waals surface area contributed by atoms with E-state index in [4.69, 9.17) is 9.47 Å². The number of fused-ring (bicyclic) bond motifs is 1. The van der Waals surface area contributed by atoms with Crippen LogP contribution in [-0.4, -0.2) is 52.8 Å². The lowest BCUT2D eigenvalue weighted by Gasteiger charge is -2.33. The molecule has 0 unspecified atom stereocenters. The molecule has 1 amide bonds. The number of aromatic nitrogens is 2. The first-order valence-electron chi connectivity index (χ1n) is 9.97. The lowest BCUT2D eigenvalue weighted by Crippen LogP contribution is -2.42. The Hall–Kier alpha value is -2.57. The van der Waals surface area contributed by atoms with Gasteiger partial charge in [-0.15, -0.1) is 0 Å². The lowest BCUT2D eigenvalue weighted by atomic mass is 9.97. The Labute approximate surface area is 166 Å². The number of hydrogen-bond acceptors (Lipinski definition) is 6. The molecule has 2 aromatic rings. The summed E-state index contributed by atoms with van der Waals surface area (Å²) in [5.41, 5.74) is 1.20. The molecule has 1 fully saturated rings. The van der Waals surface area contributed by atoms with Crippen LogP contribution in [0.15, 0.2) is 24.3 Å². The predicted molar refractivity (Wildman–Crippen MR) is 110 cm³/mol. The summed E-state index contributed by atoms with van der Waals surface area (Å²) in [5.74, 6) is 1.67. The van der Waals surface area contributed by atoms with Crippen molar-refractivity contribution >= 4 is 22.9 Å². The van der Waals surface area contributed by atoms with Crippen LogP contribution in [0.3, 0.4) is 0 Å². The fourth-order valence-corrected chi connectivity index (χ4v) is 3.22. The summed E-state index contributed by atoms with van der Waals surface area (Å²) in [5, 5.41) is 3.41. The van der Waals surface area contributed by atoms with Crippen LogP contribution in [0, 0.1) is 5.92 Å². The molecular weight excluding hydrogens is 356 g/mol. The molecule has 0 atom stereocenters. The summed E-state index contributed by atoms with van der Waals surface area (Å²) in [6.45, 7) is 10.3. The molecule has 7 nitrogen and oxygen atoms in total. The third kappa shape index (κ3) is 5.24. The van der Waals surface area contributed by atoms with E-state index in [0.717, 1.165) is 30.4 Å². The molecule has 0 bridgehead atoms. The molecule has 28 heavy (non-hydrogen) atoms. The topological polar surface area (TPSA) is 76.6 Å². The van der Waals surface area contributed by atoms with Gasteiger partial charge in [0.2, 0.25) is 0 Å². The molecule has 3 rings (SSSR count). The minimum atomic E-state index is -0.458. The summed E-state index contributed by atoms with van der Waals surface area (Å²) >= 11 is 0. The zero-order valence-electron chi connectivity index (χ0n) is 17.2. The first-order valence-corrected chi connectivity index (χ1v) is 9.97. The number of carbonyl (C=O) groups is 1. The summed E-state index contributed by atoms with van der Waals surface area (Å²) in [6, 6.07) is 7.77. The Morgan fingerprint density at radius 1 is 1.18 bits per heavy atom. The van der Waals surface area contributed by atoms with Crippen molar-refractivity contribution in [1.82, 2.24) is 14.9 Å². The fourth-order valence-electron chi connectivity index (χ4n) is 3.22. The highest BCUT2D eigenvalue weighted by molar-refractivity contribution is 5.77. The molecule has 1 N–H and O–H groups in total. The summed E-state index contributed by atoms with van der Waals surface area (Å²) in [4.78, 5) is 23.2. The number of nitrogens with zero attached hydrogens (tertiary/aromatic N) is 3.